The molecule has 0 unspecified atom stereocenters. The van der Waals surface area contributed by atoms with Gasteiger partial charge in [0.2, 0.25) is 0 Å². The number of hydrogen-bond donors (Lipinski definition) is 4. The summed E-state index contributed by atoms with van der Waals surface area (Å²) >= 11 is 0. The van der Waals surface area contributed by atoms with Crippen LogP contribution in [0, 0.1) is 12.3 Å². The van der Waals surface area contributed by atoms with Gasteiger partial charge in [-0.2, -0.15) is 0 Å². The number of carbonyl (C=O) groups excluding carboxylic acids is 1. The fourth-order valence-corrected chi connectivity index (χ4v) is 5.97. The number of nitrogens with zero attached hydrogens (tertiary/aromatic N) is 2. The lowest BCUT2D eigenvalue weighted by Gasteiger charge is -2.54. The monoisotopic (exact) mass is 517 g/mol. The summed E-state index contributed by atoms with van der Waals surface area (Å²) in [7, 11) is 0. The van der Waals surface area contributed by atoms with E-state index in [1.54, 1.807) is 18.3 Å². The van der Waals surface area contributed by atoms with Crippen LogP contribution in [0.5, 0.6) is 5.75 Å². The van der Waals surface area contributed by atoms with Crippen molar-refractivity contribution in [3.05, 3.63) is 71.1 Å². The molecule has 2 fully saturated rings. The number of fused-ring (bicyclic) bond motifs is 1. The van der Waals surface area contributed by atoms with Crippen LogP contribution in [0.2, 0.25) is 0 Å². The quantitative estimate of drug-likeness (QED) is 0.340. The first-order chi connectivity index (χ1) is 18.5. The lowest BCUT2D eigenvalue weighted by atomic mass is 9.54. The van der Waals surface area contributed by atoms with E-state index in [1.165, 1.54) is 38.5 Å². The molecule has 2 saturated carbocycles. The van der Waals surface area contributed by atoms with Crippen molar-refractivity contribution >= 4 is 11.7 Å². The summed E-state index contributed by atoms with van der Waals surface area (Å²) in [5.74, 6) is 2.00. The Labute approximate surface area is 222 Å². The van der Waals surface area contributed by atoms with Crippen LogP contribution < -0.4 is 20.7 Å². The first kappa shape index (κ1) is 24.9. The van der Waals surface area contributed by atoms with E-state index < -0.39 is 6.10 Å². The van der Waals surface area contributed by atoms with Crippen LogP contribution in [0.25, 0.3) is 0 Å². The fourth-order valence-electron chi connectivity index (χ4n) is 5.97. The number of pyridine rings is 1. The maximum atomic E-state index is 12.8. The highest BCUT2D eigenvalue weighted by atomic mass is 16.5. The third-order valence-electron chi connectivity index (χ3n) is 8.47. The largest absolute Gasteiger partial charge is 0.486 e. The Hall–Kier alpha value is -3.43. The van der Waals surface area contributed by atoms with Gasteiger partial charge in [-0.3, -0.25) is 4.79 Å². The van der Waals surface area contributed by atoms with Crippen molar-refractivity contribution in [1.82, 2.24) is 20.6 Å². The molecular weight excluding hydrogens is 482 g/mol. The van der Waals surface area contributed by atoms with Gasteiger partial charge < -0.3 is 30.2 Å². The molecule has 9 heteroatoms. The maximum absolute atomic E-state index is 12.8. The molecular formula is C29H35N5O4. The molecule has 0 saturated heterocycles. The number of carbonyl (C=O) groups is 1. The van der Waals surface area contributed by atoms with Crippen LogP contribution >= 0.6 is 0 Å². The molecule has 2 aromatic heterocycles. The normalized spacial score (nSPS) is 20.6. The molecule has 6 rings (SSSR count). The Morgan fingerprint density at radius 1 is 1.24 bits per heavy atom. The number of ether oxygens (including phenoxy) is 1. The molecule has 1 aliphatic heterocycles. The zero-order valence-electron chi connectivity index (χ0n) is 21.7. The van der Waals surface area contributed by atoms with Gasteiger partial charge >= 0.3 is 0 Å². The van der Waals surface area contributed by atoms with E-state index in [2.05, 4.69) is 25.9 Å². The maximum Gasteiger partial charge on any atom is 0.251 e. The molecule has 4 N–H and O–H groups in total. The predicted molar refractivity (Wildman–Crippen MR) is 142 cm³/mol. The second kappa shape index (κ2) is 10.4. The minimum Gasteiger partial charge on any atom is -0.486 e. The average molecular weight is 518 g/mol. The van der Waals surface area contributed by atoms with Crippen molar-refractivity contribution in [2.75, 3.05) is 11.9 Å². The summed E-state index contributed by atoms with van der Waals surface area (Å²) in [5.41, 5.74) is 4.25. The van der Waals surface area contributed by atoms with E-state index in [0.717, 1.165) is 28.4 Å². The summed E-state index contributed by atoms with van der Waals surface area (Å²) in [6.07, 6.45) is 9.49. The van der Waals surface area contributed by atoms with Gasteiger partial charge in [0.05, 0.1) is 11.8 Å². The highest BCUT2D eigenvalue weighted by Crippen LogP contribution is 2.56. The zero-order chi connectivity index (χ0) is 26.1. The van der Waals surface area contributed by atoms with E-state index in [9.17, 15) is 9.90 Å². The molecule has 3 heterocycles. The van der Waals surface area contributed by atoms with Gasteiger partial charge in [0.15, 0.2) is 12.2 Å². The number of oxazole rings is 1. The van der Waals surface area contributed by atoms with Gasteiger partial charge in [-0.15, -0.1) is 0 Å². The van der Waals surface area contributed by atoms with Crippen LogP contribution in [0.3, 0.4) is 0 Å². The summed E-state index contributed by atoms with van der Waals surface area (Å²) in [6.45, 7) is 3.00. The van der Waals surface area contributed by atoms with E-state index in [0.29, 0.717) is 42.4 Å². The molecule has 1 amide bonds. The number of rotatable bonds is 9. The number of aliphatic hydroxyl groups excluding tert-OH is 1. The molecule has 3 aliphatic rings. The van der Waals surface area contributed by atoms with Gasteiger partial charge in [0, 0.05) is 36.9 Å². The predicted octanol–water partition coefficient (Wildman–Crippen LogP) is 3.51. The first-order valence-corrected chi connectivity index (χ1v) is 13.5. The third-order valence-corrected chi connectivity index (χ3v) is 8.47. The molecule has 9 nitrogen and oxygen atoms in total. The van der Waals surface area contributed by atoms with E-state index in [4.69, 9.17) is 9.15 Å². The lowest BCUT2D eigenvalue weighted by Crippen LogP contribution is -2.49. The van der Waals surface area contributed by atoms with Crippen molar-refractivity contribution in [1.29, 1.82) is 0 Å². The van der Waals surface area contributed by atoms with E-state index in [-0.39, 0.29) is 18.5 Å². The molecule has 0 radical (unpaired) electrons. The molecule has 0 bridgehead atoms. The van der Waals surface area contributed by atoms with Gasteiger partial charge in [-0.05, 0) is 79.8 Å². The average Bonchev–Trinajstić information content (AvgIpc) is 3.30. The standard InChI is InChI=1S/C29H35N5O4/c1-18-26(38-17-33-18)16-37-23-4-3-19-10-24(31-14-21(19)9-23)25(35)15-32-28(36)20-5-8-30-27(11-20)34-22-12-29(13-22)6-2-7-29/h3-5,8-9,11,17,22,24-25,31,35H,2,6-7,10,12-16H2,1H3,(H,30,34)(H,32,36)/t24-,25+/m0/s1. The summed E-state index contributed by atoms with van der Waals surface area (Å²) in [5, 5.41) is 20.6. The van der Waals surface area contributed by atoms with Crippen LogP contribution in [0.15, 0.2) is 47.3 Å². The van der Waals surface area contributed by atoms with Gasteiger partial charge in [0.25, 0.3) is 5.91 Å². The lowest BCUT2D eigenvalue weighted by molar-refractivity contribution is 0.0191. The highest BCUT2D eigenvalue weighted by molar-refractivity contribution is 5.94. The number of anilines is 1. The first-order valence-electron chi connectivity index (χ1n) is 13.5. The van der Waals surface area contributed by atoms with Crippen LogP contribution in [0.1, 0.15) is 65.0 Å². The van der Waals surface area contributed by atoms with Crippen LogP contribution in [-0.4, -0.2) is 45.7 Å². The van der Waals surface area contributed by atoms with E-state index >= 15 is 0 Å². The molecule has 1 spiro atoms. The van der Waals surface area contributed by atoms with Crippen molar-refractivity contribution in [3.8, 4) is 5.75 Å². The number of nitrogens with one attached hydrogen (secondary N) is 3. The number of amides is 1. The number of aliphatic hydroxyl groups is 1. The van der Waals surface area contributed by atoms with Crippen molar-refractivity contribution in [2.24, 2.45) is 5.41 Å². The minimum absolute atomic E-state index is 0.154. The number of benzene rings is 1. The number of aromatic nitrogens is 2. The Balaban J connectivity index is 0.978. The van der Waals surface area contributed by atoms with Crippen LogP contribution in [-0.2, 0) is 19.6 Å². The summed E-state index contributed by atoms with van der Waals surface area (Å²) in [6, 6.07) is 9.79. The topological polar surface area (TPSA) is 122 Å². The smallest absolute Gasteiger partial charge is 0.251 e. The van der Waals surface area contributed by atoms with Gasteiger partial charge in [0.1, 0.15) is 18.2 Å². The van der Waals surface area contributed by atoms with Crippen molar-refractivity contribution in [2.45, 2.75) is 76.8 Å². The molecule has 2 aliphatic carbocycles. The summed E-state index contributed by atoms with van der Waals surface area (Å²) in [4.78, 5) is 21.3. The summed E-state index contributed by atoms with van der Waals surface area (Å²) < 4.78 is 11.2. The Morgan fingerprint density at radius 3 is 2.87 bits per heavy atom. The van der Waals surface area contributed by atoms with E-state index in [1.807, 2.05) is 25.1 Å². The van der Waals surface area contributed by atoms with Gasteiger partial charge in [-0.1, -0.05) is 12.5 Å². The SMILES string of the molecule is Cc1ncoc1COc1ccc2c(c1)CN[C@H]([C@H](O)CNC(=O)c1ccnc(NC3CC4(CCC4)C3)c1)C2. The Kier molecular flexibility index (Phi) is 6.80. The highest BCUT2D eigenvalue weighted by Gasteiger charge is 2.48. The molecule has 3 aromatic rings. The number of hydrogen-bond acceptors (Lipinski definition) is 8. The molecule has 38 heavy (non-hydrogen) atoms. The Bertz CT molecular complexity index is 1300. The fraction of sp³-hybridized carbons (Fsp3) is 0.483. The molecule has 2 atom stereocenters. The third kappa shape index (κ3) is 5.26. The molecule has 200 valence electrons. The number of aryl methyl sites for hydroxylation is 1. The minimum atomic E-state index is -0.717. The van der Waals surface area contributed by atoms with Gasteiger partial charge in [-0.25, -0.2) is 9.97 Å². The van der Waals surface area contributed by atoms with Crippen molar-refractivity contribution < 1.29 is 19.1 Å². The Morgan fingerprint density at radius 2 is 2.11 bits per heavy atom. The van der Waals surface area contributed by atoms with Crippen LogP contribution in [0.4, 0.5) is 5.82 Å². The zero-order valence-corrected chi connectivity index (χ0v) is 21.7. The molecule has 1 aromatic carbocycles. The van der Waals surface area contributed by atoms with Crippen molar-refractivity contribution in [3.63, 3.8) is 0 Å². The second-order valence-electron chi connectivity index (χ2n) is 11.1. The second-order valence-corrected chi connectivity index (χ2v) is 11.1.